The summed E-state index contributed by atoms with van der Waals surface area (Å²) >= 11 is 0. The number of ether oxygens (including phenoxy) is 1. The molecule has 128 valence electrons. The number of nitrogens with zero attached hydrogens (tertiary/aromatic N) is 1. The summed E-state index contributed by atoms with van der Waals surface area (Å²) in [5, 5.41) is 0. The Morgan fingerprint density at radius 2 is 1.92 bits per heavy atom. The van der Waals surface area contributed by atoms with Crippen LogP contribution in [0.2, 0.25) is 0 Å². The molecule has 0 aliphatic carbocycles. The lowest BCUT2D eigenvalue weighted by atomic mass is 9.72. The standard InChI is InChI=1S/C22H29NO/c1-18-15-22(2,20-10-7-11-21(14-20)24-3)17-23(16-18)13-12-19-8-5-4-6-9-19/h4-11,14,18H,12-13,15-17H2,1-3H3/t18-,22+/m1/s1. The van der Waals surface area contributed by atoms with Gasteiger partial charge in [0.2, 0.25) is 0 Å². The highest BCUT2D eigenvalue weighted by atomic mass is 16.5. The molecule has 2 heteroatoms. The van der Waals surface area contributed by atoms with E-state index >= 15 is 0 Å². The molecule has 2 atom stereocenters. The van der Waals surface area contributed by atoms with Crippen molar-refractivity contribution >= 4 is 0 Å². The summed E-state index contributed by atoms with van der Waals surface area (Å²) in [5.41, 5.74) is 3.03. The summed E-state index contributed by atoms with van der Waals surface area (Å²) in [6.07, 6.45) is 2.36. The summed E-state index contributed by atoms with van der Waals surface area (Å²) in [5.74, 6) is 1.67. The van der Waals surface area contributed by atoms with Gasteiger partial charge in [-0.05, 0) is 42.0 Å². The van der Waals surface area contributed by atoms with Crippen molar-refractivity contribution in [2.45, 2.75) is 32.1 Å². The third kappa shape index (κ3) is 3.99. The molecule has 1 aliphatic heterocycles. The Balaban J connectivity index is 1.72. The van der Waals surface area contributed by atoms with Gasteiger partial charge in [0.15, 0.2) is 0 Å². The molecule has 0 radical (unpaired) electrons. The molecular formula is C22H29NO. The number of likely N-dealkylation sites (tertiary alicyclic amines) is 1. The molecule has 3 rings (SSSR count). The first-order valence-electron chi connectivity index (χ1n) is 9.00. The van der Waals surface area contributed by atoms with E-state index < -0.39 is 0 Å². The second-order valence-corrected chi connectivity index (χ2v) is 7.57. The minimum atomic E-state index is 0.197. The zero-order valence-electron chi connectivity index (χ0n) is 15.2. The molecule has 0 spiro atoms. The van der Waals surface area contributed by atoms with E-state index in [1.165, 1.54) is 24.1 Å². The maximum atomic E-state index is 5.44. The van der Waals surface area contributed by atoms with Gasteiger partial charge in [-0.2, -0.15) is 0 Å². The fourth-order valence-corrected chi connectivity index (χ4v) is 4.21. The summed E-state index contributed by atoms with van der Waals surface area (Å²) in [6.45, 7) is 8.25. The van der Waals surface area contributed by atoms with E-state index in [4.69, 9.17) is 4.74 Å². The van der Waals surface area contributed by atoms with Gasteiger partial charge in [0.25, 0.3) is 0 Å². The van der Waals surface area contributed by atoms with Crippen LogP contribution in [-0.2, 0) is 11.8 Å². The average Bonchev–Trinajstić information content (AvgIpc) is 2.60. The highest BCUT2D eigenvalue weighted by Crippen LogP contribution is 2.37. The third-order valence-corrected chi connectivity index (χ3v) is 5.27. The van der Waals surface area contributed by atoms with Crippen LogP contribution in [0, 0.1) is 5.92 Å². The number of piperidine rings is 1. The second-order valence-electron chi connectivity index (χ2n) is 7.57. The molecule has 0 bridgehead atoms. The number of hydrogen-bond donors (Lipinski definition) is 0. The van der Waals surface area contributed by atoms with Crippen LogP contribution in [0.25, 0.3) is 0 Å². The Bertz CT molecular complexity index is 654. The van der Waals surface area contributed by atoms with Gasteiger partial charge in [0, 0.05) is 25.0 Å². The highest BCUT2D eigenvalue weighted by molar-refractivity contribution is 5.34. The number of benzene rings is 2. The number of rotatable bonds is 5. The first-order chi connectivity index (χ1) is 11.6. The zero-order chi connectivity index (χ0) is 17.0. The largest absolute Gasteiger partial charge is 0.497 e. The van der Waals surface area contributed by atoms with Crippen LogP contribution in [0.15, 0.2) is 54.6 Å². The van der Waals surface area contributed by atoms with Crippen LogP contribution in [-0.4, -0.2) is 31.6 Å². The van der Waals surface area contributed by atoms with Crippen LogP contribution >= 0.6 is 0 Å². The highest BCUT2D eigenvalue weighted by Gasteiger charge is 2.35. The SMILES string of the molecule is COc1cccc([C@@]2(C)C[C@@H](C)CN(CCc3ccccc3)C2)c1. The van der Waals surface area contributed by atoms with Crippen molar-refractivity contribution < 1.29 is 4.74 Å². The molecule has 1 aliphatic rings. The Hall–Kier alpha value is -1.80. The van der Waals surface area contributed by atoms with Gasteiger partial charge in [-0.1, -0.05) is 56.3 Å². The summed E-state index contributed by atoms with van der Waals surface area (Å²) in [7, 11) is 1.75. The van der Waals surface area contributed by atoms with Gasteiger partial charge < -0.3 is 9.64 Å². The Labute approximate surface area is 146 Å². The average molecular weight is 323 g/mol. The van der Waals surface area contributed by atoms with E-state index in [9.17, 15) is 0 Å². The van der Waals surface area contributed by atoms with Crippen molar-refractivity contribution in [2.75, 3.05) is 26.7 Å². The maximum Gasteiger partial charge on any atom is 0.119 e. The lowest BCUT2D eigenvalue weighted by Crippen LogP contribution is -2.48. The van der Waals surface area contributed by atoms with Crippen LogP contribution < -0.4 is 4.74 Å². The third-order valence-electron chi connectivity index (χ3n) is 5.27. The first kappa shape index (κ1) is 17.0. The summed E-state index contributed by atoms with van der Waals surface area (Å²) in [4.78, 5) is 2.64. The van der Waals surface area contributed by atoms with Gasteiger partial charge in [-0.15, -0.1) is 0 Å². The molecule has 0 N–H and O–H groups in total. The maximum absolute atomic E-state index is 5.44. The molecule has 1 fully saturated rings. The minimum Gasteiger partial charge on any atom is -0.497 e. The van der Waals surface area contributed by atoms with Gasteiger partial charge in [0.05, 0.1) is 7.11 Å². The number of methoxy groups -OCH3 is 1. The van der Waals surface area contributed by atoms with E-state index in [0.717, 1.165) is 25.3 Å². The van der Waals surface area contributed by atoms with Gasteiger partial charge in [0.1, 0.15) is 5.75 Å². The lowest BCUT2D eigenvalue weighted by Gasteiger charge is -2.44. The van der Waals surface area contributed by atoms with E-state index in [-0.39, 0.29) is 5.41 Å². The Morgan fingerprint density at radius 1 is 1.12 bits per heavy atom. The fourth-order valence-electron chi connectivity index (χ4n) is 4.21. The Kier molecular flexibility index (Phi) is 5.25. The minimum absolute atomic E-state index is 0.197. The van der Waals surface area contributed by atoms with Crippen LogP contribution in [0.4, 0.5) is 0 Å². The predicted octanol–water partition coefficient (Wildman–Crippen LogP) is 4.54. The van der Waals surface area contributed by atoms with E-state index in [1.54, 1.807) is 7.11 Å². The van der Waals surface area contributed by atoms with Crippen molar-refractivity contribution in [2.24, 2.45) is 5.92 Å². The van der Waals surface area contributed by atoms with Crippen molar-refractivity contribution in [3.05, 3.63) is 65.7 Å². The van der Waals surface area contributed by atoms with Gasteiger partial charge >= 0.3 is 0 Å². The lowest BCUT2D eigenvalue weighted by molar-refractivity contribution is 0.117. The molecule has 0 amide bonds. The molecule has 0 aromatic heterocycles. The smallest absolute Gasteiger partial charge is 0.119 e. The van der Waals surface area contributed by atoms with Gasteiger partial charge in [-0.3, -0.25) is 0 Å². The normalized spacial score (nSPS) is 24.7. The quantitative estimate of drug-likeness (QED) is 0.801. The molecule has 0 unspecified atom stereocenters. The molecule has 0 saturated carbocycles. The summed E-state index contributed by atoms with van der Waals surface area (Å²) in [6, 6.07) is 19.4. The van der Waals surface area contributed by atoms with Crippen molar-refractivity contribution in [1.29, 1.82) is 0 Å². The second kappa shape index (κ2) is 7.40. The van der Waals surface area contributed by atoms with E-state index in [2.05, 4.69) is 67.3 Å². The van der Waals surface area contributed by atoms with Crippen LogP contribution in [0.1, 0.15) is 31.4 Å². The first-order valence-corrected chi connectivity index (χ1v) is 9.00. The van der Waals surface area contributed by atoms with E-state index in [0.29, 0.717) is 5.92 Å². The molecule has 2 aromatic rings. The monoisotopic (exact) mass is 323 g/mol. The molecule has 2 aromatic carbocycles. The van der Waals surface area contributed by atoms with Crippen molar-refractivity contribution in [3.8, 4) is 5.75 Å². The fraction of sp³-hybridized carbons (Fsp3) is 0.455. The van der Waals surface area contributed by atoms with Crippen molar-refractivity contribution in [1.82, 2.24) is 4.90 Å². The van der Waals surface area contributed by atoms with Crippen molar-refractivity contribution in [3.63, 3.8) is 0 Å². The van der Waals surface area contributed by atoms with Crippen LogP contribution in [0.3, 0.4) is 0 Å². The Morgan fingerprint density at radius 3 is 2.67 bits per heavy atom. The molecule has 2 nitrogen and oxygen atoms in total. The predicted molar refractivity (Wildman–Crippen MR) is 101 cm³/mol. The molecule has 24 heavy (non-hydrogen) atoms. The van der Waals surface area contributed by atoms with Crippen LogP contribution in [0.5, 0.6) is 5.75 Å². The van der Waals surface area contributed by atoms with E-state index in [1.807, 2.05) is 6.07 Å². The van der Waals surface area contributed by atoms with Gasteiger partial charge in [-0.25, -0.2) is 0 Å². The number of hydrogen-bond acceptors (Lipinski definition) is 2. The topological polar surface area (TPSA) is 12.5 Å². The molecular weight excluding hydrogens is 294 g/mol. The zero-order valence-corrected chi connectivity index (χ0v) is 15.2. The molecule has 1 heterocycles. The summed E-state index contributed by atoms with van der Waals surface area (Å²) < 4.78 is 5.44. The molecule has 1 saturated heterocycles.